The van der Waals surface area contributed by atoms with E-state index in [4.69, 9.17) is 4.98 Å². The highest BCUT2D eigenvalue weighted by Gasteiger charge is 2.33. The molecule has 1 amide bonds. The van der Waals surface area contributed by atoms with Gasteiger partial charge in [0.25, 0.3) is 5.91 Å². The van der Waals surface area contributed by atoms with Crippen LogP contribution in [0.3, 0.4) is 0 Å². The third kappa shape index (κ3) is 2.70. The van der Waals surface area contributed by atoms with E-state index in [0.29, 0.717) is 5.56 Å². The molecule has 1 aliphatic heterocycles. The van der Waals surface area contributed by atoms with Crippen LogP contribution in [0.15, 0.2) is 42.5 Å². The number of aromatic nitrogens is 4. The zero-order valence-corrected chi connectivity index (χ0v) is 15.8. The van der Waals surface area contributed by atoms with E-state index in [1.807, 2.05) is 52.9 Å². The predicted octanol–water partition coefficient (Wildman–Crippen LogP) is 4.04. The van der Waals surface area contributed by atoms with Crippen molar-refractivity contribution in [2.75, 3.05) is 6.54 Å². The van der Waals surface area contributed by atoms with E-state index in [2.05, 4.69) is 16.4 Å². The maximum absolute atomic E-state index is 13.2. The molecule has 0 spiro atoms. The van der Waals surface area contributed by atoms with Gasteiger partial charge in [-0.05, 0) is 50.1 Å². The first kappa shape index (κ1) is 16.4. The summed E-state index contributed by atoms with van der Waals surface area (Å²) in [7, 11) is 0. The van der Waals surface area contributed by atoms with E-state index in [1.54, 1.807) is 11.3 Å². The molecule has 0 aliphatic carbocycles. The fraction of sp³-hybridized carbons (Fsp3) is 0.300. The molecule has 0 bridgehead atoms. The lowest BCUT2D eigenvalue weighted by molar-refractivity contribution is 0.0735. The van der Waals surface area contributed by atoms with E-state index in [9.17, 15) is 4.79 Å². The maximum atomic E-state index is 13.2. The Balaban J connectivity index is 1.48. The summed E-state index contributed by atoms with van der Waals surface area (Å²) in [6.07, 6.45) is 1.96. The molecular formula is C20H19N5OS. The summed E-state index contributed by atoms with van der Waals surface area (Å²) in [5.74, 6) is 0.0460. The summed E-state index contributed by atoms with van der Waals surface area (Å²) >= 11 is 1.69. The van der Waals surface area contributed by atoms with E-state index in [-0.39, 0.29) is 11.9 Å². The Morgan fingerprint density at radius 1 is 1.22 bits per heavy atom. The number of benzene rings is 2. The smallest absolute Gasteiger partial charge is 0.254 e. The summed E-state index contributed by atoms with van der Waals surface area (Å²) in [4.78, 5) is 20.0. The number of thiazole rings is 1. The number of para-hydroxylation sites is 1. The van der Waals surface area contributed by atoms with Crippen molar-refractivity contribution in [3.05, 3.63) is 53.0 Å². The van der Waals surface area contributed by atoms with Crippen LogP contribution < -0.4 is 0 Å². The zero-order valence-electron chi connectivity index (χ0n) is 15.0. The third-order valence-electron chi connectivity index (χ3n) is 5.17. The number of hydrogen-bond donors (Lipinski definition) is 0. The molecule has 6 nitrogen and oxygen atoms in total. The maximum Gasteiger partial charge on any atom is 0.254 e. The number of rotatable bonds is 3. The van der Waals surface area contributed by atoms with Gasteiger partial charge in [0, 0.05) is 18.7 Å². The fourth-order valence-electron chi connectivity index (χ4n) is 3.80. The quantitative estimate of drug-likeness (QED) is 0.541. The molecular weight excluding hydrogens is 358 g/mol. The first-order valence-corrected chi connectivity index (χ1v) is 10.1. The molecule has 1 saturated heterocycles. The van der Waals surface area contributed by atoms with Crippen molar-refractivity contribution in [3.63, 3.8) is 0 Å². The molecule has 0 radical (unpaired) electrons. The Bertz CT molecular complexity index is 1110. The number of fused-ring (bicyclic) bond motifs is 2. The Morgan fingerprint density at radius 3 is 2.96 bits per heavy atom. The van der Waals surface area contributed by atoms with Gasteiger partial charge < -0.3 is 4.90 Å². The van der Waals surface area contributed by atoms with Crippen molar-refractivity contribution in [1.82, 2.24) is 24.9 Å². The molecule has 5 rings (SSSR count). The van der Waals surface area contributed by atoms with Crippen LogP contribution in [-0.4, -0.2) is 37.3 Å². The SMILES string of the molecule is CCn1nnc2cc(C(=O)N3CCC[C@@H]3c3nc4ccccc4s3)ccc21. The number of carbonyl (C=O) groups is 1. The molecule has 2 aromatic heterocycles. The average Bonchev–Trinajstić information content (AvgIpc) is 3.43. The van der Waals surface area contributed by atoms with Gasteiger partial charge in [-0.3, -0.25) is 4.79 Å². The molecule has 4 aromatic rings. The van der Waals surface area contributed by atoms with Gasteiger partial charge >= 0.3 is 0 Å². The molecule has 1 aliphatic rings. The van der Waals surface area contributed by atoms with Crippen LogP contribution in [0.25, 0.3) is 21.3 Å². The molecule has 136 valence electrons. The minimum absolute atomic E-state index is 0.0460. The number of likely N-dealkylation sites (tertiary alicyclic amines) is 1. The lowest BCUT2D eigenvalue weighted by Gasteiger charge is -2.23. The molecule has 0 N–H and O–H groups in total. The summed E-state index contributed by atoms with van der Waals surface area (Å²) in [5, 5.41) is 9.36. The van der Waals surface area contributed by atoms with Crippen molar-refractivity contribution < 1.29 is 4.79 Å². The number of hydrogen-bond acceptors (Lipinski definition) is 5. The van der Waals surface area contributed by atoms with Crippen molar-refractivity contribution in [3.8, 4) is 0 Å². The third-order valence-corrected chi connectivity index (χ3v) is 6.31. The highest BCUT2D eigenvalue weighted by atomic mass is 32.1. The highest BCUT2D eigenvalue weighted by Crippen LogP contribution is 2.37. The van der Waals surface area contributed by atoms with Crippen molar-refractivity contribution in [1.29, 1.82) is 0 Å². The lowest BCUT2D eigenvalue weighted by atomic mass is 10.1. The molecule has 7 heteroatoms. The Labute approximate surface area is 160 Å². The number of amides is 1. The second-order valence-corrected chi connectivity index (χ2v) is 7.85. The summed E-state index contributed by atoms with van der Waals surface area (Å²) in [6, 6.07) is 13.9. The Kier molecular flexibility index (Phi) is 3.89. The van der Waals surface area contributed by atoms with Crippen LogP contribution in [0, 0.1) is 0 Å². The number of aryl methyl sites for hydroxylation is 1. The van der Waals surface area contributed by atoms with Gasteiger partial charge in [0.05, 0.1) is 21.8 Å². The number of nitrogens with zero attached hydrogens (tertiary/aromatic N) is 5. The summed E-state index contributed by atoms with van der Waals surface area (Å²) in [5.41, 5.74) is 3.39. The van der Waals surface area contributed by atoms with Crippen LogP contribution in [0.2, 0.25) is 0 Å². The molecule has 3 heterocycles. The van der Waals surface area contributed by atoms with Gasteiger partial charge in [0.1, 0.15) is 10.5 Å². The molecule has 27 heavy (non-hydrogen) atoms. The Hall–Kier alpha value is -2.80. The van der Waals surface area contributed by atoms with Gasteiger partial charge in [-0.25, -0.2) is 9.67 Å². The topological polar surface area (TPSA) is 63.9 Å². The van der Waals surface area contributed by atoms with Crippen LogP contribution >= 0.6 is 11.3 Å². The predicted molar refractivity (Wildman–Crippen MR) is 106 cm³/mol. The van der Waals surface area contributed by atoms with Gasteiger partial charge in [0.2, 0.25) is 0 Å². The second-order valence-electron chi connectivity index (χ2n) is 6.79. The molecule has 1 atom stereocenters. The first-order valence-electron chi connectivity index (χ1n) is 9.24. The van der Waals surface area contributed by atoms with Crippen molar-refractivity contribution >= 4 is 38.5 Å². The van der Waals surface area contributed by atoms with E-state index in [1.165, 1.54) is 4.70 Å². The first-order chi connectivity index (χ1) is 13.2. The number of carbonyl (C=O) groups excluding carboxylic acids is 1. The average molecular weight is 377 g/mol. The minimum atomic E-state index is 0.0460. The van der Waals surface area contributed by atoms with Crippen LogP contribution in [0.1, 0.15) is 41.2 Å². The minimum Gasteiger partial charge on any atom is -0.329 e. The van der Waals surface area contributed by atoms with E-state index < -0.39 is 0 Å². The van der Waals surface area contributed by atoms with Gasteiger partial charge in [-0.15, -0.1) is 16.4 Å². The van der Waals surface area contributed by atoms with Crippen LogP contribution in [-0.2, 0) is 6.54 Å². The standard InChI is InChI=1S/C20H19N5OS/c1-2-25-16-10-9-13(12-15(16)22-23-25)20(26)24-11-5-7-17(24)19-21-14-6-3-4-8-18(14)27-19/h3-4,6,8-10,12,17H,2,5,7,11H2,1H3/t17-/m1/s1. The highest BCUT2D eigenvalue weighted by molar-refractivity contribution is 7.18. The van der Waals surface area contributed by atoms with Crippen LogP contribution in [0.5, 0.6) is 0 Å². The van der Waals surface area contributed by atoms with Crippen molar-refractivity contribution in [2.45, 2.75) is 32.4 Å². The fourth-order valence-corrected chi connectivity index (χ4v) is 4.92. The molecule has 1 fully saturated rings. The van der Waals surface area contributed by atoms with Gasteiger partial charge in [0.15, 0.2) is 0 Å². The summed E-state index contributed by atoms with van der Waals surface area (Å²) in [6.45, 7) is 3.55. The summed E-state index contributed by atoms with van der Waals surface area (Å²) < 4.78 is 3.01. The van der Waals surface area contributed by atoms with E-state index in [0.717, 1.165) is 47.5 Å². The zero-order chi connectivity index (χ0) is 18.4. The second kappa shape index (κ2) is 6.42. The molecule has 0 unspecified atom stereocenters. The van der Waals surface area contributed by atoms with E-state index >= 15 is 0 Å². The van der Waals surface area contributed by atoms with Crippen LogP contribution in [0.4, 0.5) is 0 Å². The molecule has 0 saturated carbocycles. The van der Waals surface area contributed by atoms with Gasteiger partial charge in [-0.1, -0.05) is 17.3 Å². The lowest BCUT2D eigenvalue weighted by Crippen LogP contribution is -2.30. The molecule has 2 aromatic carbocycles. The monoisotopic (exact) mass is 377 g/mol. The Morgan fingerprint density at radius 2 is 2.11 bits per heavy atom. The van der Waals surface area contributed by atoms with Crippen molar-refractivity contribution in [2.24, 2.45) is 0 Å². The van der Waals surface area contributed by atoms with Gasteiger partial charge in [-0.2, -0.15) is 0 Å². The normalized spacial score (nSPS) is 17.2. The largest absolute Gasteiger partial charge is 0.329 e.